The SMILES string of the molecule is Cc1cc(C(C)(F)F)ccc1NC(=O)CI. The van der Waals surface area contributed by atoms with E-state index in [1.54, 1.807) is 6.92 Å². The molecule has 1 rings (SSSR count). The molecule has 5 heteroatoms. The van der Waals surface area contributed by atoms with Gasteiger partial charge < -0.3 is 5.32 Å². The lowest BCUT2D eigenvalue weighted by atomic mass is 10.1. The fourth-order valence-corrected chi connectivity index (χ4v) is 1.45. The van der Waals surface area contributed by atoms with E-state index in [1.807, 2.05) is 22.6 Å². The van der Waals surface area contributed by atoms with Crippen LogP contribution < -0.4 is 5.32 Å². The Morgan fingerprint density at radius 2 is 2.12 bits per heavy atom. The van der Waals surface area contributed by atoms with E-state index in [-0.39, 0.29) is 11.5 Å². The molecule has 0 radical (unpaired) electrons. The summed E-state index contributed by atoms with van der Waals surface area (Å²) < 4.78 is 26.3. The van der Waals surface area contributed by atoms with E-state index in [2.05, 4.69) is 5.32 Å². The number of carbonyl (C=O) groups excluding carboxylic acids is 1. The topological polar surface area (TPSA) is 29.1 Å². The maximum absolute atomic E-state index is 13.0. The highest BCUT2D eigenvalue weighted by molar-refractivity contribution is 14.1. The molecule has 0 atom stereocenters. The van der Waals surface area contributed by atoms with Crippen LogP contribution in [0.25, 0.3) is 0 Å². The summed E-state index contributed by atoms with van der Waals surface area (Å²) in [6.07, 6.45) is 0. The van der Waals surface area contributed by atoms with Gasteiger partial charge in [-0.1, -0.05) is 28.7 Å². The highest BCUT2D eigenvalue weighted by atomic mass is 127. The molecule has 16 heavy (non-hydrogen) atoms. The summed E-state index contributed by atoms with van der Waals surface area (Å²) >= 11 is 1.94. The minimum absolute atomic E-state index is 0.0440. The first-order valence-electron chi connectivity index (χ1n) is 4.69. The first-order chi connectivity index (χ1) is 7.34. The van der Waals surface area contributed by atoms with Gasteiger partial charge >= 0.3 is 0 Å². The molecule has 0 aliphatic heterocycles. The van der Waals surface area contributed by atoms with Crippen LogP contribution >= 0.6 is 22.6 Å². The van der Waals surface area contributed by atoms with Gasteiger partial charge in [0.25, 0.3) is 5.92 Å². The predicted octanol–water partition coefficient (Wildman–Crippen LogP) is 3.48. The van der Waals surface area contributed by atoms with Crippen molar-refractivity contribution in [2.45, 2.75) is 19.8 Å². The predicted molar refractivity (Wildman–Crippen MR) is 68.3 cm³/mol. The maximum Gasteiger partial charge on any atom is 0.270 e. The van der Waals surface area contributed by atoms with Crippen LogP contribution in [0.4, 0.5) is 14.5 Å². The lowest BCUT2D eigenvalue weighted by molar-refractivity contribution is -0.113. The van der Waals surface area contributed by atoms with Crippen molar-refractivity contribution < 1.29 is 13.6 Å². The Morgan fingerprint density at radius 1 is 1.50 bits per heavy atom. The Balaban J connectivity index is 2.96. The Hall–Kier alpha value is -0.720. The highest BCUT2D eigenvalue weighted by Gasteiger charge is 2.24. The zero-order chi connectivity index (χ0) is 12.3. The number of aryl methyl sites for hydroxylation is 1. The van der Waals surface area contributed by atoms with Crippen molar-refractivity contribution in [3.8, 4) is 0 Å². The molecule has 1 aromatic carbocycles. The van der Waals surface area contributed by atoms with Crippen LogP contribution in [0.15, 0.2) is 18.2 Å². The Labute approximate surface area is 107 Å². The third-order valence-electron chi connectivity index (χ3n) is 2.13. The lowest BCUT2D eigenvalue weighted by Gasteiger charge is -2.13. The molecule has 0 aliphatic rings. The van der Waals surface area contributed by atoms with Crippen molar-refractivity contribution in [2.75, 3.05) is 9.74 Å². The van der Waals surface area contributed by atoms with E-state index in [0.717, 1.165) is 6.92 Å². The number of alkyl halides is 3. The van der Waals surface area contributed by atoms with Gasteiger partial charge in [0.15, 0.2) is 0 Å². The summed E-state index contributed by atoms with van der Waals surface area (Å²) in [5, 5.41) is 2.65. The van der Waals surface area contributed by atoms with E-state index >= 15 is 0 Å². The monoisotopic (exact) mass is 339 g/mol. The zero-order valence-electron chi connectivity index (χ0n) is 8.98. The zero-order valence-corrected chi connectivity index (χ0v) is 11.1. The average molecular weight is 339 g/mol. The third kappa shape index (κ3) is 3.40. The molecule has 0 heterocycles. The van der Waals surface area contributed by atoms with Crippen LogP contribution in [0.5, 0.6) is 0 Å². The molecule has 0 spiro atoms. The summed E-state index contributed by atoms with van der Waals surface area (Å²) in [6.45, 7) is 2.54. The van der Waals surface area contributed by atoms with E-state index in [4.69, 9.17) is 0 Å². The maximum atomic E-state index is 13.0. The highest BCUT2D eigenvalue weighted by Crippen LogP contribution is 2.29. The molecule has 0 saturated carbocycles. The smallest absolute Gasteiger partial charge is 0.270 e. The van der Waals surface area contributed by atoms with E-state index in [0.29, 0.717) is 15.7 Å². The normalized spacial score (nSPS) is 11.3. The van der Waals surface area contributed by atoms with Gasteiger partial charge in [0.1, 0.15) is 0 Å². The van der Waals surface area contributed by atoms with Crippen molar-refractivity contribution in [3.05, 3.63) is 29.3 Å². The molecule has 1 aromatic rings. The second-order valence-corrected chi connectivity index (χ2v) is 4.36. The summed E-state index contributed by atoms with van der Waals surface area (Å²) in [6, 6.07) is 4.23. The number of rotatable bonds is 3. The van der Waals surface area contributed by atoms with E-state index in [9.17, 15) is 13.6 Å². The van der Waals surface area contributed by atoms with Crippen molar-refractivity contribution >= 4 is 34.2 Å². The minimum Gasteiger partial charge on any atom is -0.325 e. The molecular formula is C11H12F2INO. The van der Waals surface area contributed by atoms with Gasteiger partial charge in [0.2, 0.25) is 5.91 Å². The first kappa shape index (κ1) is 13.3. The summed E-state index contributed by atoms with van der Waals surface area (Å²) in [7, 11) is 0. The van der Waals surface area contributed by atoms with Crippen LogP contribution in [0.1, 0.15) is 18.1 Å². The summed E-state index contributed by atoms with van der Waals surface area (Å²) in [5.41, 5.74) is 1.17. The molecule has 0 saturated heterocycles. The fourth-order valence-electron chi connectivity index (χ4n) is 1.26. The molecule has 1 N–H and O–H groups in total. The van der Waals surface area contributed by atoms with Gasteiger partial charge in [0.05, 0.1) is 4.43 Å². The van der Waals surface area contributed by atoms with Gasteiger partial charge in [-0.2, -0.15) is 0 Å². The van der Waals surface area contributed by atoms with Gasteiger partial charge in [-0.15, -0.1) is 0 Å². The number of hydrogen-bond donors (Lipinski definition) is 1. The number of halogens is 3. The van der Waals surface area contributed by atoms with Crippen LogP contribution in [-0.4, -0.2) is 10.3 Å². The van der Waals surface area contributed by atoms with Gasteiger partial charge in [-0.3, -0.25) is 4.79 Å². The van der Waals surface area contributed by atoms with Crippen LogP contribution in [0, 0.1) is 6.92 Å². The number of benzene rings is 1. The Kier molecular flexibility index (Phi) is 4.23. The van der Waals surface area contributed by atoms with Crippen LogP contribution in [0.3, 0.4) is 0 Å². The minimum atomic E-state index is -2.85. The quantitative estimate of drug-likeness (QED) is 0.663. The molecule has 88 valence electrons. The Bertz CT molecular complexity index is 401. The van der Waals surface area contributed by atoms with E-state index < -0.39 is 5.92 Å². The number of amides is 1. The molecule has 0 unspecified atom stereocenters. The van der Waals surface area contributed by atoms with Crippen LogP contribution in [-0.2, 0) is 10.7 Å². The molecule has 2 nitrogen and oxygen atoms in total. The largest absolute Gasteiger partial charge is 0.325 e. The molecule has 0 fully saturated rings. The van der Waals surface area contributed by atoms with Crippen LogP contribution in [0.2, 0.25) is 0 Å². The number of hydrogen-bond acceptors (Lipinski definition) is 1. The third-order valence-corrected chi connectivity index (χ3v) is 2.82. The van der Waals surface area contributed by atoms with Crippen molar-refractivity contribution in [1.82, 2.24) is 0 Å². The lowest BCUT2D eigenvalue weighted by Crippen LogP contribution is -2.14. The molecule has 0 aliphatic carbocycles. The standard InChI is InChI=1S/C11H12F2INO/c1-7-5-8(11(2,12)13)3-4-9(7)15-10(16)6-14/h3-5H,6H2,1-2H3,(H,15,16). The van der Waals surface area contributed by atoms with E-state index in [1.165, 1.54) is 18.2 Å². The number of carbonyl (C=O) groups is 1. The molecule has 0 aromatic heterocycles. The molecule has 1 amide bonds. The molecule has 0 bridgehead atoms. The van der Waals surface area contributed by atoms with Gasteiger partial charge in [0, 0.05) is 18.2 Å². The number of nitrogens with one attached hydrogen (secondary N) is 1. The number of anilines is 1. The molecular weight excluding hydrogens is 327 g/mol. The van der Waals surface area contributed by atoms with Crippen molar-refractivity contribution in [1.29, 1.82) is 0 Å². The van der Waals surface area contributed by atoms with Gasteiger partial charge in [-0.25, -0.2) is 8.78 Å². The second-order valence-electron chi connectivity index (χ2n) is 3.60. The second kappa shape index (κ2) is 5.07. The van der Waals surface area contributed by atoms with Crippen molar-refractivity contribution in [3.63, 3.8) is 0 Å². The van der Waals surface area contributed by atoms with Gasteiger partial charge in [-0.05, 0) is 24.6 Å². The summed E-state index contributed by atoms with van der Waals surface area (Å²) in [4.78, 5) is 11.1. The fraction of sp³-hybridized carbons (Fsp3) is 0.364. The average Bonchev–Trinajstić information content (AvgIpc) is 2.19. The summed E-state index contributed by atoms with van der Waals surface area (Å²) in [5.74, 6) is -2.99. The van der Waals surface area contributed by atoms with Crippen molar-refractivity contribution in [2.24, 2.45) is 0 Å². The first-order valence-corrected chi connectivity index (χ1v) is 6.22. The Morgan fingerprint density at radius 3 is 2.56 bits per heavy atom.